The molecule has 2 rings (SSSR count). The summed E-state index contributed by atoms with van der Waals surface area (Å²) < 4.78 is 0. The van der Waals surface area contributed by atoms with Gasteiger partial charge < -0.3 is 5.73 Å². The lowest BCUT2D eigenvalue weighted by atomic mass is 10.1. The first-order valence-electron chi connectivity index (χ1n) is 6.00. The molecule has 1 unspecified atom stereocenters. The van der Waals surface area contributed by atoms with Gasteiger partial charge in [-0.15, -0.1) is 0 Å². The molecular weight excluding hydrogens is 246 g/mol. The number of hydrogen-bond donors (Lipinski definition) is 1. The highest BCUT2D eigenvalue weighted by Crippen LogP contribution is 2.20. The fraction of sp³-hybridized carbons (Fsp3) is 0.286. The number of hydrogen-bond acceptors (Lipinski definition) is 3. The van der Waals surface area contributed by atoms with Crippen LogP contribution in [-0.4, -0.2) is 9.97 Å². The fourth-order valence-electron chi connectivity index (χ4n) is 1.78. The Morgan fingerprint density at radius 1 is 1.28 bits per heavy atom. The molecule has 0 aliphatic carbocycles. The van der Waals surface area contributed by atoms with Crippen LogP contribution in [0.25, 0.3) is 0 Å². The largest absolute Gasteiger partial charge is 0.322 e. The standard InChI is InChI=1S/C14H16ClN3/c1-2-10-5-6-11(18-9-10)8-13(16)14-12(15)4-3-7-17-14/h3-7,9,13H,2,8,16H2,1H3. The van der Waals surface area contributed by atoms with Gasteiger partial charge in [0.1, 0.15) is 0 Å². The highest BCUT2D eigenvalue weighted by atomic mass is 35.5. The van der Waals surface area contributed by atoms with E-state index in [1.165, 1.54) is 5.56 Å². The minimum Gasteiger partial charge on any atom is -0.322 e. The molecule has 0 amide bonds. The fourth-order valence-corrected chi connectivity index (χ4v) is 2.04. The topological polar surface area (TPSA) is 51.8 Å². The molecule has 0 saturated carbocycles. The minimum atomic E-state index is -0.223. The summed E-state index contributed by atoms with van der Waals surface area (Å²) in [4.78, 5) is 8.62. The Bertz CT molecular complexity index is 511. The normalized spacial score (nSPS) is 12.4. The summed E-state index contributed by atoms with van der Waals surface area (Å²) in [5, 5.41) is 0.607. The van der Waals surface area contributed by atoms with Crippen molar-refractivity contribution in [1.29, 1.82) is 0 Å². The summed E-state index contributed by atoms with van der Waals surface area (Å²) in [5.74, 6) is 0. The minimum absolute atomic E-state index is 0.223. The molecule has 3 nitrogen and oxygen atoms in total. The predicted molar refractivity (Wildman–Crippen MR) is 73.5 cm³/mol. The van der Waals surface area contributed by atoms with E-state index in [9.17, 15) is 0 Å². The SMILES string of the molecule is CCc1ccc(CC(N)c2ncccc2Cl)nc1. The predicted octanol–water partition coefficient (Wildman–Crippen LogP) is 2.93. The van der Waals surface area contributed by atoms with Crippen LogP contribution in [0.5, 0.6) is 0 Å². The van der Waals surface area contributed by atoms with E-state index in [2.05, 4.69) is 23.0 Å². The van der Waals surface area contributed by atoms with Crippen LogP contribution in [0.4, 0.5) is 0 Å². The number of halogens is 1. The van der Waals surface area contributed by atoms with Gasteiger partial charge in [-0.05, 0) is 30.2 Å². The third-order valence-electron chi connectivity index (χ3n) is 2.86. The zero-order valence-electron chi connectivity index (χ0n) is 10.3. The maximum Gasteiger partial charge on any atom is 0.0760 e. The number of nitrogens with two attached hydrogens (primary N) is 1. The second-order valence-corrected chi connectivity index (χ2v) is 4.60. The first kappa shape index (κ1) is 13.0. The van der Waals surface area contributed by atoms with Crippen molar-refractivity contribution in [2.24, 2.45) is 5.73 Å². The van der Waals surface area contributed by atoms with Gasteiger partial charge in [0.25, 0.3) is 0 Å². The van der Waals surface area contributed by atoms with Crippen LogP contribution in [0.2, 0.25) is 5.02 Å². The van der Waals surface area contributed by atoms with E-state index in [1.54, 1.807) is 18.3 Å². The summed E-state index contributed by atoms with van der Waals surface area (Å²) in [7, 11) is 0. The van der Waals surface area contributed by atoms with Gasteiger partial charge in [-0.25, -0.2) is 0 Å². The summed E-state index contributed by atoms with van der Waals surface area (Å²) in [6, 6.07) is 7.47. The molecule has 0 aliphatic rings. The van der Waals surface area contributed by atoms with Crippen LogP contribution in [0.1, 0.15) is 29.9 Å². The summed E-state index contributed by atoms with van der Waals surface area (Å²) in [6.07, 6.45) is 5.23. The molecular formula is C14H16ClN3. The van der Waals surface area contributed by atoms with Gasteiger partial charge in [0.2, 0.25) is 0 Å². The molecule has 0 saturated heterocycles. The van der Waals surface area contributed by atoms with E-state index in [4.69, 9.17) is 17.3 Å². The highest BCUT2D eigenvalue weighted by Gasteiger charge is 2.12. The van der Waals surface area contributed by atoms with Crippen LogP contribution >= 0.6 is 11.6 Å². The first-order chi connectivity index (χ1) is 8.70. The van der Waals surface area contributed by atoms with Crippen molar-refractivity contribution in [3.8, 4) is 0 Å². The number of pyridine rings is 2. The highest BCUT2D eigenvalue weighted by molar-refractivity contribution is 6.31. The Morgan fingerprint density at radius 2 is 2.11 bits per heavy atom. The Hall–Kier alpha value is -1.45. The van der Waals surface area contributed by atoms with Crippen molar-refractivity contribution in [3.05, 3.63) is 58.6 Å². The van der Waals surface area contributed by atoms with Gasteiger partial charge in [0.05, 0.1) is 16.8 Å². The van der Waals surface area contributed by atoms with Crippen LogP contribution in [0.15, 0.2) is 36.7 Å². The maximum atomic E-state index is 6.11. The Balaban J connectivity index is 2.11. The molecule has 0 spiro atoms. The van der Waals surface area contributed by atoms with Crippen molar-refractivity contribution < 1.29 is 0 Å². The van der Waals surface area contributed by atoms with Crippen molar-refractivity contribution >= 4 is 11.6 Å². The average molecular weight is 262 g/mol. The number of nitrogens with zero attached hydrogens (tertiary/aromatic N) is 2. The van der Waals surface area contributed by atoms with E-state index in [-0.39, 0.29) is 6.04 Å². The third-order valence-corrected chi connectivity index (χ3v) is 3.18. The Labute approximate surface area is 112 Å². The van der Waals surface area contributed by atoms with Gasteiger partial charge in [0.15, 0.2) is 0 Å². The van der Waals surface area contributed by atoms with E-state index >= 15 is 0 Å². The van der Waals surface area contributed by atoms with E-state index in [0.29, 0.717) is 11.4 Å². The van der Waals surface area contributed by atoms with E-state index in [1.807, 2.05) is 12.3 Å². The maximum absolute atomic E-state index is 6.11. The van der Waals surface area contributed by atoms with Gasteiger partial charge >= 0.3 is 0 Å². The third kappa shape index (κ3) is 3.06. The molecule has 0 fully saturated rings. The molecule has 2 N–H and O–H groups in total. The monoisotopic (exact) mass is 261 g/mol. The molecule has 4 heteroatoms. The Kier molecular flexibility index (Phi) is 4.28. The molecule has 18 heavy (non-hydrogen) atoms. The lowest BCUT2D eigenvalue weighted by Gasteiger charge is -2.12. The van der Waals surface area contributed by atoms with Gasteiger partial charge in [-0.3, -0.25) is 9.97 Å². The average Bonchev–Trinajstić information content (AvgIpc) is 2.40. The smallest absolute Gasteiger partial charge is 0.0760 e. The lowest BCUT2D eigenvalue weighted by molar-refractivity contribution is 0.683. The molecule has 2 heterocycles. The number of aromatic nitrogens is 2. The molecule has 2 aromatic rings. The summed E-state index contributed by atoms with van der Waals surface area (Å²) in [5.41, 5.74) is 9.02. The van der Waals surface area contributed by atoms with Crippen molar-refractivity contribution in [2.75, 3.05) is 0 Å². The summed E-state index contributed by atoms with van der Waals surface area (Å²) in [6.45, 7) is 2.11. The molecule has 2 aromatic heterocycles. The van der Waals surface area contributed by atoms with Gasteiger partial charge in [0, 0.05) is 24.5 Å². The van der Waals surface area contributed by atoms with Crippen LogP contribution in [0.3, 0.4) is 0 Å². The van der Waals surface area contributed by atoms with Gasteiger partial charge in [-0.2, -0.15) is 0 Å². The molecule has 1 atom stereocenters. The van der Waals surface area contributed by atoms with E-state index in [0.717, 1.165) is 17.8 Å². The molecule has 0 radical (unpaired) electrons. The Morgan fingerprint density at radius 3 is 2.72 bits per heavy atom. The quantitative estimate of drug-likeness (QED) is 0.921. The van der Waals surface area contributed by atoms with Crippen LogP contribution in [0, 0.1) is 0 Å². The first-order valence-corrected chi connectivity index (χ1v) is 6.38. The van der Waals surface area contributed by atoms with Crippen molar-refractivity contribution in [1.82, 2.24) is 9.97 Å². The van der Waals surface area contributed by atoms with Crippen LogP contribution < -0.4 is 5.73 Å². The second-order valence-electron chi connectivity index (χ2n) is 4.19. The molecule has 0 bridgehead atoms. The zero-order chi connectivity index (χ0) is 13.0. The second kappa shape index (κ2) is 5.94. The summed E-state index contributed by atoms with van der Waals surface area (Å²) >= 11 is 6.07. The lowest BCUT2D eigenvalue weighted by Crippen LogP contribution is -2.16. The zero-order valence-corrected chi connectivity index (χ0v) is 11.1. The van der Waals surface area contributed by atoms with E-state index < -0.39 is 0 Å². The van der Waals surface area contributed by atoms with Crippen molar-refractivity contribution in [3.63, 3.8) is 0 Å². The number of rotatable bonds is 4. The molecule has 0 aromatic carbocycles. The molecule has 94 valence electrons. The van der Waals surface area contributed by atoms with Crippen LogP contribution in [-0.2, 0) is 12.8 Å². The molecule has 0 aliphatic heterocycles. The van der Waals surface area contributed by atoms with Crippen molar-refractivity contribution in [2.45, 2.75) is 25.8 Å². The number of aryl methyl sites for hydroxylation is 1. The van der Waals surface area contributed by atoms with Gasteiger partial charge in [-0.1, -0.05) is 24.6 Å².